The zero-order chi connectivity index (χ0) is 24.2. The summed E-state index contributed by atoms with van der Waals surface area (Å²) in [5.74, 6) is 0.521. The molecule has 4 aromatic rings. The van der Waals surface area contributed by atoms with Crippen LogP contribution in [0.2, 0.25) is 0 Å². The second-order valence-corrected chi connectivity index (χ2v) is 8.88. The molecule has 178 valence electrons. The van der Waals surface area contributed by atoms with Gasteiger partial charge in [0.2, 0.25) is 17.6 Å². The first-order valence-corrected chi connectivity index (χ1v) is 11.9. The quantitative estimate of drug-likeness (QED) is 0.389. The average molecular weight is 471 g/mol. The lowest BCUT2D eigenvalue weighted by molar-refractivity contribution is -0.121. The Kier molecular flexibility index (Phi) is 6.68. The topological polar surface area (TPSA) is 71.3 Å². The molecule has 6 nitrogen and oxygen atoms in total. The third-order valence-corrected chi connectivity index (χ3v) is 6.52. The molecule has 0 saturated carbocycles. The van der Waals surface area contributed by atoms with Crippen LogP contribution in [0.3, 0.4) is 0 Å². The van der Waals surface area contributed by atoms with Crippen LogP contribution in [0.15, 0.2) is 83.4 Å². The Bertz CT molecular complexity index is 1310. The Hall–Kier alpha value is -3.84. The molecule has 1 saturated heterocycles. The predicted octanol–water partition coefficient (Wildman–Crippen LogP) is 5.75. The van der Waals surface area contributed by atoms with E-state index < -0.39 is 0 Å². The van der Waals surface area contributed by atoms with Crippen LogP contribution < -0.4 is 5.32 Å². The number of halogens is 1. The van der Waals surface area contributed by atoms with Crippen molar-refractivity contribution < 1.29 is 13.7 Å². The van der Waals surface area contributed by atoms with Gasteiger partial charge in [0.05, 0.1) is 12.0 Å². The largest absolute Gasteiger partial charge is 0.339 e. The molecule has 2 unspecified atom stereocenters. The van der Waals surface area contributed by atoms with Crippen LogP contribution in [0.1, 0.15) is 31.6 Å². The first-order valence-electron chi connectivity index (χ1n) is 11.9. The number of carbonyl (C=O) groups is 1. The lowest BCUT2D eigenvalue weighted by Gasteiger charge is -2.34. The number of likely N-dealkylation sites (tertiary alicyclic amines) is 1. The minimum absolute atomic E-state index is 0.0189. The molecule has 1 fully saturated rings. The van der Waals surface area contributed by atoms with Crippen molar-refractivity contribution in [2.45, 2.75) is 31.7 Å². The summed E-state index contributed by atoms with van der Waals surface area (Å²) in [4.78, 5) is 19.9. The van der Waals surface area contributed by atoms with Gasteiger partial charge >= 0.3 is 0 Å². The van der Waals surface area contributed by atoms with Crippen molar-refractivity contribution in [2.24, 2.45) is 0 Å². The molecule has 5 rings (SSSR count). The molecule has 0 bridgehead atoms. The number of carbonyl (C=O) groups excluding carboxylic acids is 1. The van der Waals surface area contributed by atoms with E-state index >= 15 is 0 Å². The maximum Gasteiger partial charge on any atom is 0.241 e. The molecule has 1 aromatic heterocycles. The number of hydrogen-bond donors (Lipinski definition) is 1. The van der Waals surface area contributed by atoms with Crippen molar-refractivity contribution in [3.8, 4) is 22.5 Å². The number of anilines is 1. The molecule has 2 heterocycles. The molecule has 1 aliphatic heterocycles. The Balaban J connectivity index is 1.27. The minimum atomic E-state index is -0.341. The van der Waals surface area contributed by atoms with Gasteiger partial charge in [-0.1, -0.05) is 65.8 Å². The van der Waals surface area contributed by atoms with Gasteiger partial charge in [0.25, 0.3) is 0 Å². The molecule has 2 atom stereocenters. The third-order valence-electron chi connectivity index (χ3n) is 6.52. The zero-order valence-electron chi connectivity index (χ0n) is 19.5. The minimum Gasteiger partial charge on any atom is -0.339 e. The summed E-state index contributed by atoms with van der Waals surface area (Å²) in [7, 11) is 0. The van der Waals surface area contributed by atoms with Crippen LogP contribution in [0.4, 0.5) is 10.1 Å². The number of hydrogen-bond acceptors (Lipinski definition) is 5. The SMILES string of the molecule is CC(C(=O)Nc1ccccc1-c1ccccc1)N1CCCC(c2nc(-c3cccc(F)c3)no2)C1. The summed E-state index contributed by atoms with van der Waals surface area (Å²) in [6.45, 7) is 3.38. The van der Waals surface area contributed by atoms with Gasteiger partial charge in [0, 0.05) is 23.4 Å². The second kappa shape index (κ2) is 10.2. The number of rotatable bonds is 6. The lowest BCUT2D eigenvalue weighted by Crippen LogP contribution is -2.46. The fourth-order valence-electron chi connectivity index (χ4n) is 4.57. The van der Waals surface area contributed by atoms with E-state index in [0.717, 1.165) is 36.2 Å². The van der Waals surface area contributed by atoms with E-state index in [-0.39, 0.29) is 23.7 Å². The van der Waals surface area contributed by atoms with Crippen molar-refractivity contribution in [3.63, 3.8) is 0 Å². The van der Waals surface area contributed by atoms with E-state index in [0.29, 0.717) is 23.8 Å². The highest BCUT2D eigenvalue weighted by atomic mass is 19.1. The van der Waals surface area contributed by atoms with E-state index in [9.17, 15) is 9.18 Å². The molecule has 1 amide bonds. The van der Waals surface area contributed by atoms with Crippen LogP contribution >= 0.6 is 0 Å². The highest BCUT2D eigenvalue weighted by molar-refractivity contribution is 5.98. The number of piperidine rings is 1. The van der Waals surface area contributed by atoms with E-state index in [2.05, 4.69) is 20.4 Å². The molecule has 7 heteroatoms. The summed E-state index contributed by atoms with van der Waals surface area (Å²) in [5, 5.41) is 7.18. The van der Waals surface area contributed by atoms with Crippen LogP contribution in [0.5, 0.6) is 0 Å². The smallest absolute Gasteiger partial charge is 0.241 e. The first-order chi connectivity index (χ1) is 17.1. The van der Waals surface area contributed by atoms with Crippen LogP contribution in [-0.2, 0) is 4.79 Å². The lowest BCUT2D eigenvalue weighted by atomic mass is 9.96. The Morgan fingerprint density at radius 3 is 2.66 bits per heavy atom. The van der Waals surface area contributed by atoms with Gasteiger partial charge in [0.15, 0.2) is 0 Å². The third kappa shape index (κ3) is 5.15. The van der Waals surface area contributed by atoms with E-state index in [1.165, 1.54) is 12.1 Å². The van der Waals surface area contributed by atoms with Gasteiger partial charge in [-0.25, -0.2) is 4.39 Å². The van der Waals surface area contributed by atoms with E-state index in [1.807, 2.05) is 61.5 Å². The molecule has 35 heavy (non-hydrogen) atoms. The molecular formula is C28H27FN4O2. The van der Waals surface area contributed by atoms with Crippen molar-refractivity contribution >= 4 is 11.6 Å². The van der Waals surface area contributed by atoms with Crippen LogP contribution in [0, 0.1) is 5.82 Å². The summed E-state index contributed by atoms with van der Waals surface area (Å²) < 4.78 is 19.1. The van der Waals surface area contributed by atoms with Gasteiger partial charge < -0.3 is 9.84 Å². The summed E-state index contributed by atoms with van der Waals surface area (Å²) in [5.41, 5.74) is 3.42. The molecule has 0 aliphatic carbocycles. The molecule has 0 spiro atoms. The average Bonchev–Trinajstić information content (AvgIpc) is 3.40. The van der Waals surface area contributed by atoms with Gasteiger partial charge in [-0.05, 0) is 50.1 Å². The second-order valence-electron chi connectivity index (χ2n) is 8.88. The predicted molar refractivity (Wildman–Crippen MR) is 133 cm³/mol. The number of nitrogens with one attached hydrogen (secondary N) is 1. The Morgan fingerprint density at radius 1 is 1.06 bits per heavy atom. The summed E-state index contributed by atoms with van der Waals surface area (Å²) >= 11 is 0. The molecule has 3 aromatic carbocycles. The van der Waals surface area contributed by atoms with Gasteiger partial charge in [-0.2, -0.15) is 4.98 Å². The number of benzene rings is 3. The Labute approximate surface area is 203 Å². The zero-order valence-corrected chi connectivity index (χ0v) is 19.5. The highest BCUT2D eigenvalue weighted by Crippen LogP contribution is 2.30. The highest BCUT2D eigenvalue weighted by Gasteiger charge is 2.31. The summed E-state index contributed by atoms with van der Waals surface area (Å²) in [6.07, 6.45) is 1.81. The van der Waals surface area contributed by atoms with Crippen molar-refractivity contribution in [1.29, 1.82) is 0 Å². The molecule has 0 radical (unpaired) electrons. The fraction of sp³-hybridized carbons (Fsp3) is 0.250. The Morgan fingerprint density at radius 2 is 1.83 bits per heavy atom. The van der Waals surface area contributed by atoms with Gasteiger partial charge in [-0.15, -0.1) is 0 Å². The fourth-order valence-corrected chi connectivity index (χ4v) is 4.57. The number of amides is 1. The van der Waals surface area contributed by atoms with Crippen molar-refractivity contribution in [2.75, 3.05) is 18.4 Å². The number of nitrogens with zero attached hydrogens (tertiary/aromatic N) is 3. The standard InChI is InChI=1S/C28H27FN4O2/c1-19(27(34)30-25-15-6-5-14-24(25)20-9-3-2-4-10-20)33-16-8-12-22(18-33)28-31-26(32-35-28)21-11-7-13-23(29)17-21/h2-7,9-11,13-15,17,19,22H,8,12,16,18H2,1H3,(H,30,34). The summed E-state index contributed by atoms with van der Waals surface area (Å²) in [6, 6.07) is 23.7. The van der Waals surface area contributed by atoms with Crippen LogP contribution in [0.25, 0.3) is 22.5 Å². The van der Waals surface area contributed by atoms with Crippen molar-refractivity contribution in [3.05, 3.63) is 90.6 Å². The molecular weight excluding hydrogens is 443 g/mol. The van der Waals surface area contributed by atoms with Crippen LogP contribution in [-0.4, -0.2) is 40.1 Å². The van der Waals surface area contributed by atoms with E-state index in [4.69, 9.17) is 4.52 Å². The normalized spacial score (nSPS) is 17.1. The maximum atomic E-state index is 13.6. The van der Waals surface area contributed by atoms with Crippen molar-refractivity contribution in [1.82, 2.24) is 15.0 Å². The number of para-hydroxylation sites is 1. The maximum absolute atomic E-state index is 13.6. The first kappa shape index (κ1) is 22.9. The monoisotopic (exact) mass is 470 g/mol. The molecule has 1 aliphatic rings. The van der Waals surface area contributed by atoms with Gasteiger partial charge in [-0.3, -0.25) is 9.69 Å². The number of aromatic nitrogens is 2. The van der Waals surface area contributed by atoms with Gasteiger partial charge in [0.1, 0.15) is 5.82 Å². The molecule has 1 N–H and O–H groups in total. The van der Waals surface area contributed by atoms with E-state index in [1.54, 1.807) is 12.1 Å².